The van der Waals surface area contributed by atoms with Gasteiger partial charge in [-0.2, -0.15) is 13.2 Å². The molecule has 9 heteroatoms. The maximum absolute atomic E-state index is 13.1. The van der Waals surface area contributed by atoms with Crippen LogP contribution in [0.4, 0.5) is 18.9 Å². The lowest BCUT2D eigenvalue weighted by Gasteiger charge is -2.14. The number of carbonyl (C=O) groups is 1. The van der Waals surface area contributed by atoms with Crippen molar-refractivity contribution in [3.8, 4) is 5.75 Å². The van der Waals surface area contributed by atoms with Gasteiger partial charge in [-0.15, -0.1) is 0 Å². The summed E-state index contributed by atoms with van der Waals surface area (Å²) < 4.78 is 40.4. The maximum Gasteiger partial charge on any atom is 0.416 e. The van der Waals surface area contributed by atoms with Crippen molar-refractivity contribution in [2.24, 2.45) is 7.05 Å². The van der Waals surface area contributed by atoms with Crippen LogP contribution in [0.1, 0.15) is 27.9 Å². The first-order chi connectivity index (χ1) is 14.6. The standard InChI is InChI=1S/C22H18F3N3O3/c1-26-14-9-10-17-15(12-14)18(19(29)21(31)28(17)2)20(30)27-11-5-7-13-6-3-4-8-16(13)22(23,24)25/h3-4,6,8-10,12,29H,5,7,11H2,2H3,(H,27,30). The minimum atomic E-state index is -4.46. The fourth-order valence-electron chi connectivity index (χ4n) is 3.40. The van der Waals surface area contributed by atoms with Gasteiger partial charge in [-0.3, -0.25) is 9.59 Å². The second kappa shape index (κ2) is 8.52. The molecule has 0 radical (unpaired) electrons. The Hall–Kier alpha value is -3.80. The molecular formula is C22H18F3N3O3. The van der Waals surface area contributed by atoms with E-state index in [1.54, 1.807) is 0 Å². The molecule has 0 unspecified atom stereocenters. The van der Waals surface area contributed by atoms with Crippen molar-refractivity contribution >= 4 is 22.5 Å². The third kappa shape index (κ3) is 4.38. The number of benzene rings is 2. The van der Waals surface area contributed by atoms with Crippen LogP contribution in [0.2, 0.25) is 0 Å². The number of carbonyl (C=O) groups excluding carboxylic acids is 1. The molecule has 31 heavy (non-hydrogen) atoms. The molecule has 6 nitrogen and oxygen atoms in total. The minimum absolute atomic E-state index is 0.0314. The highest BCUT2D eigenvalue weighted by molar-refractivity contribution is 6.09. The number of rotatable bonds is 5. The van der Waals surface area contributed by atoms with Crippen molar-refractivity contribution in [2.75, 3.05) is 6.54 Å². The van der Waals surface area contributed by atoms with Crippen molar-refractivity contribution in [3.05, 3.63) is 80.9 Å². The number of nitrogens with one attached hydrogen (secondary N) is 1. The Kier molecular flexibility index (Phi) is 6.02. The topological polar surface area (TPSA) is 75.7 Å². The molecule has 0 aliphatic carbocycles. The molecule has 0 fully saturated rings. The van der Waals surface area contributed by atoms with E-state index in [1.165, 1.54) is 48.0 Å². The van der Waals surface area contributed by atoms with Gasteiger partial charge in [-0.05, 0) is 36.6 Å². The SMILES string of the molecule is [C-]#[N+]c1ccc2c(c1)c(C(=O)NCCCc1ccccc1C(F)(F)F)c(O)c(=O)n2C. The predicted molar refractivity (Wildman–Crippen MR) is 109 cm³/mol. The number of nitrogens with zero attached hydrogens (tertiary/aromatic N) is 2. The van der Waals surface area contributed by atoms with Gasteiger partial charge in [0, 0.05) is 24.5 Å². The second-order valence-electron chi connectivity index (χ2n) is 6.92. The molecule has 2 N–H and O–H groups in total. The van der Waals surface area contributed by atoms with Gasteiger partial charge in [0.2, 0.25) is 0 Å². The van der Waals surface area contributed by atoms with E-state index < -0.39 is 29.0 Å². The zero-order valence-electron chi connectivity index (χ0n) is 16.5. The normalized spacial score (nSPS) is 11.3. The van der Waals surface area contributed by atoms with Gasteiger partial charge in [0.1, 0.15) is 0 Å². The van der Waals surface area contributed by atoms with Crippen LogP contribution in [0.25, 0.3) is 15.7 Å². The highest BCUT2D eigenvalue weighted by atomic mass is 19.4. The van der Waals surface area contributed by atoms with Crippen LogP contribution in [0.15, 0.2) is 47.3 Å². The number of hydrogen-bond acceptors (Lipinski definition) is 3. The first kappa shape index (κ1) is 21.9. The molecule has 0 saturated carbocycles. The largest absolute Gasteiger partial charge is 0.502 e. The lowest BCUT2D eigenvalue weighted by molar-refractivity contribution is -0.138. The molecule has 0 spiro atoms. The van der Waals surface area contributed by atoms with Gasteiger partial charge in [0.25, 0.3) is 11.5 Å². The minimum Gasteiger partial charge on any atom is -0.502 e. The average molecular weight is 429 g/mol. The van der Waals surface area contributed by atoms with E-state index in [0.717, 1.165) is 6.07 Å². The summed E-state index contributed by atoms with van der Waals surface area (Å²) >= 11 is 0. The summed E-state index contributed by atoms with van der Waals surface area (Å²) in [5.74, 6) is -1.50. The number of aromatic nitrogens is 1. The van der Waals surface area contributed by atoms with E-state index in [9.17, 15) is 27.9 Å². The van der Waals surface area contributed by atoms with Crippen LogP contribution >= 0.6 is 0 Å². The molecule has 1 aromatic heterocycles. The molecule has 0 atom stereocenters. The number of fused-ring (bicyclic) bond motifs is 1. The van der Waals surface area contributed by atoms with Crippen molar-refractivity contribution in [2.45, 2.75) is 19.0 Å². The van der Waals surface area contributed by atoms with Crippen LogP contribution in [-0.4, -0.2) is 22.1 Å². The van der Waals surface area contributed by atoms with E-state index in [4.69, 9.17) is 6.57 Å². The Morgan fingerprint density at radius 2 is 1.94 bits per heavy atom. The molecule has 2 aromatic carbocycles. The summed E-state index contributed by atoms with van der Waals surface area (Å²) in [4.78, 5) is 28.3. The van der Waals surface area contributed by atoms with Crippen LogP contribution in [-0.2, 0) is 19.6 Å². The van der Waals surface area contributed by atoms with Crippen LogP contribution in [0.5, 0.6) is 5.75 Å². The Morgan fingerprint density at radius 3 is 2.61 bits per heavy atom. The first-order valence-electron chi connectivity index (χ1n) is 9.31. The summed E-state index contributed by atoms with van der Waals surface area (Å²) in [7, 11) is 1.43. The molecule has 3 rings (SSSR count). The Bertz CT molecular complexity index is 1260. The van der Waals surface area contributed by atoms with Crippen LogP contribution in [0, 0.1) is 6.57 Å². The number of hydrogen-bond donors (Lipinski definition) is 2. The molecule has 0 aliphatic heterocycles. The number of halogens is 3. The molecule has 0 bridgehead atoms. The lowest BCUT2D eigenvalue weighted by atomic mass is 10.0. The van der Waals surface area contributed by atoms with Crippen molar-refractivity contribution in [1.29, 1.82) is 0 Å². The summed E-state index contributed by atoms with van der Waals surface area (Å²) in [6.07, 6.45) is -4.16. The molecular weight excluding hydrogens is 411 g/mol. The second-order valence-corrected chi connectivity index (χ2v) is 6.92. The van der Waals surface area contributed by atoms with Crippen LogP contribution in [0.3, 0.4) is 0 Å². The monoisotopic (exact) mass is 429 g/mol. The summed E-state index contributed by atoms with van der Waals surface area (Å²) in [6, 6.07) is 9.62. The quantitative estimate of drug-likeness (QED) is 0.472. The van der Waals surface area contributed by atoms with Gasteiger partial charge >= 0.3 is 6.18 Å². The fraction of sp³-hybridized carbons (Fsp3) is 0.227. The number of alkyl halides is 3. The predicted octanol–water partition coefficient (Wildman–Crippen LogP) is 4.18. The van der Waals surface area contributed by atoms with E-state index in [-0.39, 0.29) is 41.6 Å². The maximum atomic E-state index is 13.1. The molecule has 1 amide bonds. The fourth-order valence-corrected chi connectivity index (χ4v) is 3.40. The third-order valence-corrected chi connectivity index (χ3v) is 4.94. The van der Waals surface area contributed by atoms with Gasteiger partial charge in [0.05, 0.1) is 17.7 Å². The van der Waals surface area contributed by atoms with Crippen LogP contribution < -0.4 is 10.9 Å². The Labute approximate surface area is 175 Å². The van der Waals surface area contributed by atoms with Crippen molar-refractivity contribution < 1.29 is 23.1 Å². The number of amides is 1. The lowest BCUT2D eigenvalue weighted by Crippen LogP contribution is -2.28. The molecule has 0 saturated heterocycles. The molecule has 3 aromatic rings. The highest BCUT2D eigenvalue weighted by Crippen LogP contribution is 2.32. The number of aromatic hydroxyl groups is 1. The van der Waals surface area contributed by atoms with Gasteiger partial charge in [-0.25, -0.2) is 4.85 Å². The summed E-state index contributed by atoms with van der Waals surface area (Å²) in [6.45, 7) is 7.17. The zero-order valence-corrected chi connectivity index (χ0v) is 16.5. The first-order valence-corrected chi connectivity index (χ1v) is 9.31. The summed E-state index contributed by atoms with van der Waals surface area (Å²) in [5.41, 5.74) is -1.05. The number of aryl methyl sites for hydroxylation is 2. The summed E-state index contributed by atoms with van der Waals surface area (Å²) in [5, 5.41) is 13.0. The van der Waals surface area contributed by atoms with Gasteiger partial charge in [-0.1, -0.05) is 24.3 Å². The Morgan fingerprint density at radius 1 is 1.23 bits per heavy atom. The van der Waals surface area contributed by atoms with E-state index in [0.29, 0.717) is 5.52 Å². The molecule has 0 aliphatic rings. The highest BCUT2D eigenvalue weighted by Gasteiger charge is 2.32. The van der Waals surface area contributed by atoms with Gasteiger partial charge in [0.15, 0.2) is 11.4 Å². The average Bonchev–Trinajstić information content (AvgIpc) is 2.74. The third-order valence-electron chi connectivity index (χ3n) is 4.94. The molecule has 1 heterocycles. The van der Waals surface area contributed by atoms with Gasteiger partial charge < -0.3 is 15.0 Å². The number of pyridine rings is 1. The van der Waals surface area contributed by atoms with Crippen molar-refractivity contribution in [3.63, 3.8) is 0 Å². The van der Waals surface area contributed by atoms with E-state index in [1.807, 2.05) is 0 Å². The van der Waals surface area contributed by atoms with Crippen molar-refractivity contribution in [1.82, 2.24) is 9.88 Å². The zero-order chi connectivity index (χ0) is 22.8. The van der Waals surface area contributed by atoms with E-state index in [2.05, 4.69) is 10.2 Å². The smallest absolute Gasteiger partial charge is 0.416 e. The molecule has 160 valence electrons. The van der Waals surface area contributed by atoms with E-state index >= 15 is 0 Å². The Balaban J connectivity index is 1.81.